The highest BCUT2D eigenvalue weighted by molar-refractivity contribution is 5.94. The molecule has 1 aromatic carbocycles. The Bertz CT molecular complexity index is 486. The Kier molecular flexibility index (Phi) is 6.05. The van der Waals surface area contributed by atoms with Gasteiger partial charge in [0, 0.05) is 31.4 Å². The quantitative estimate of drug-likeness (QED) is 0.866. The number of alkyl halides is 3. The Hall–Kier alpha value is -1.72. The van der Waals surface area contributed by atoms with Gasteiger partial charge in [-0.25, -0.2) is 0 Å². The molecular weight excluding hydrogens is 281 g/mol. The second-order valence-electron chi connectivity index (χ2n) is 5.05. The van der Waals surface area contributed by atoms with E-state index in [0.29, 0.717) is 5.56 Å². The van der Waals surface area contributed by atoms with E-state index in [-0.39, 0.29) is 6.54 Å². The van der Waals surface area contributed by atoms with Crippen LogP contribution in [-0.4, -0.2) is 37.1 Å². The van der Waals surface area contributed by atoms with Crippen molar-refractivity contribution >= 4 is 11.6 Å². The van der Waals surface area contributed by atoms with Crippen LogP contribution in [0.15, 0.2) is 18.2 Å². The predicted octanol–water partition coefficient (Wildman–Crippen LogP) is 3.84. The predicted molar refractivity (Wildman–Crippen MR) is 77.6 cm³/mol. The normalized spacial score (nSPS) is 11.3. The third-order valence-electron chi connectivity index (χ3n) is 3.12. The summed E-state index contributed by atoms with van der Waals surface area (Å²) in [4.78, 5) is 13.2. The van der Waals surface area contributed by atoms with E-state index in [1.807, 2.05) is 6.92 Å². The number of amides is 1. The van der Waals surface area contributed by atoms with Crippen molar-refractivity contribution in [2.75, 3.05) is 25.5 Å². The molecule has 0 unspecified atom stereocenters. The van der Waals surface area contributed by atoms with Gasteiger partial charge in [0.1, 0.15) is 0 Å². The first kappa shape index (κ1) is 17.3. The van der Waals surface area contributed by atoms with E-state index in [1.54, 1.807) is 18.2 Å². The van der Waals surface area contributed by atoms with Crippen LogP contribution >= 0.6 is 0 Å². The second kappa shape index (κ2) is 7.33. The maximum Gasteiger partial charge on any atom is 0.390 e. The smallest absolute Gasteiger partial charge is 0.385 e. The molecule has 0 saturated heterocycles. The Labute approximate surface area is 123 Å². The minimum Gasteiger partial charge on any atom is -0.385 e. The van der Waals surface area contributed by atoms with Crippen LogP contribution in [0.4, 0.5) is 18.9 Å². The van der Waals surface area contributed by atoms with Gasteiger partial charge in [-0.2, -0.15) is 13.2 Å². The topological polar surface area (TPSA) is 32.3 Å². The van der Waals surface area contributed by atoms with Gasteiger partial charge in [0.2, 0.25) is 0 Å². The van der Waals surface area contributed by atoms with Crippen LogP contribution < -0.4 is 5.32 Å². The zero-order valence-corrected chi connectivity index (χ0v) is 12.5. The van der Waals surface area contributed by atoms with Crippen LogP contribution in [0.3, 0.4) is 0 Å². The van der Waals surface area contributed by atoms with Crippen molar-refractivity contribution < 1.29 is 18.0 Å². The summed E-state index contributed by atoms with van der Waals surface area (Å²) in [6.07, 6.45) is -4.26. The number of halogens is 3. The molecule has 0 saturated carbocycles. The molecule has 0 heterocycles. The fourth-order valence-electron chi connectivity index (χ4n) is 1.87. The lowest BCUT2D eigenvalue weighted by molar-refractivity contribution is -0.136. The largest absolute Gasteiger partial charge is 0.390 e. The summed E-state index contributed by atoms with van der Waals surface area (Å²) in [5.74, 6) is -0.399. The number of hydrogen-bond acceptors (Lipinski definition) is 2. The number of hydrogen-bond donors (Lipinski definition) is 1. The highest BCUT2D eigenvalue weighted by Crippen LogP contribution is 2.21. The second-order valence-corrected chi connectivity index (χ2v) is 5.05. The molecule has 3 nitrogen and oxygen atoms in total. The van der Waals surface area contributed by atoms with Crippen LogP contribution in [0.5, 0.6) is 0 Å². The van der Waals surface area contributed by atoms with Crippen LogP contribution in [-0.2, 0) is 0 Å². The number of benzene rings is 1. The van der Waals surface area contributed by atoms with Crippen LogP contribution in [0.2, 0.25) is 0 Å². The molecule has 1 amide bonds. The summed E-state index contributed by atoms with van der Waals surface area (Å²) in [5, 5.41) is 3.23. The van der Waals surface area contributed by atoms with Crippen LogP contribution in [0, 0.1) is 6.92 Å². The van der Waals surface area contributed by atoms with Gasteiger partial charge in [-0.1, -0.05) is 6.92 Å². The van der Waals surface area contributed by atoms with Gasteiger partial charge in [-0.15, -0.1) is 0 Å². The van der Waals surface area contributed by atoms with Gasteiger partial charge in [-0.3, -0.25) is 4.79 Å². The van der Waals surface area contributed by atoms with E-state index in [9.17, 15) is 18.0 Å². The monoisotopic (exact) mass is 302 g/mol. The zero-order chi connectivity index (χ0) is 16.0. The Morgan fingerprint density at radius 2 is 2.00 bits per heavy atom. The summed E-state index contributed by atoms with van der Waals surface area (Å²) >= 11 is 0. The van der Waals surface area contributed by atoms with Gasteiger partial charge in [0.05, 0.1) is 6.42 Å². The van der Waals surface area contributed by atoms with Crippen molar-refractivity contribution in [3.05, 3.63) is 29.3 Å². The zero-order valence-electron chi connectivity index (χ0n) is 12.5. The van der Waals surface area contributed by atoms with E-state index in [1.165, 1.54) is 7.05 Å². The molecule has 0 aliphatic rings. The standard InChI is InChI=1S/C15H21F3N2O/c1-4-8-19-13-6-5-12(10-11(13)2)14(21)20(3)9-7-15(16,17)18/h5-6,10,19H,4,7-9H2,1-3H3. The molecule has 118 valence electrons. The summed E-state index contributed by atoms with van der Waals surface area (Å²) in [6, 6.07) is 5.12. The van der Waals surface area contributed by atoms with Crippen molar-refractivity contribution in [1.29, 1.82) is 0 Å². The Morgan fingerprint density at radius 1 is 1.33 bits per heavy atom. The molecule has 0 bridgehead atoms. The minimum absolute atomic E-state index is 0.336. The van der Waals surface area contributed by atoms with Crippen LogP contribution in [0.25, 0.3) is 0 Å². The molecule has 21 heavy (non-hydrogen) atoms. The van der Waals surface area contributed by atoms with Crippen molar-refractivity contribution in [2.24, 2.45) is 0 Å². The molecule has 0 aromatic heterocycles. The highest BCUT2D eigenvalue weighted by Gasteiger charge is 2.28. The Balaban J connectivity index is 2.72. The molecule has 1 aromatic rings. The summed E-state index contributed by atoms with van der Waals surface area (Å²) < 4.78 is 36.5. The summed E-state index contributed by atoms with van der Waals surface area (Å²) in [5.41, 5.74) is 2.24. The number of aryl methyl sites for hydroxylation is 1. The number of nitrogens with one attached hydrogen (secondary N) is 1. The molecule has 0 radical (unpaired) electrons. The molecule has 1 N–H and O–H groups in total. The fourth-order valence-corrected chi connectivity index (χ4v) is 1.87. The molecule has 0 fully saturated rings. The first-order valence-electron chi connectivity index (χ1n) is 6.91. The van der Waals surface area contributed by atoms with E-state index >= 15 is 0 Å². The third kappa shape index (κ3) is 5.65. The van der Waals surface area contributed by atoms with Gasteiger partial charge < -0.3 is 10.2 Å². The van der Waals surface area contributed by atoms with E-state index < -0.39 is 18.5 Å². The number of anilines is 1. The third-order valence-corrected chi connectivity index (χ3v) is 3.12. The van der Waals surface area contributed by atoms with E-state index in [2.05, 4.69) is 12.2 Å². The van der Waals surface area contributed by atoms with Gasteiger partial charge in [0.15, 0.2) is 0 Å². The maximum absolute atomic E-state index is 12.2. The molecule has 0 aliphatic carbocycles. The molecule has 0 atom stereocenters. The lowest BCUT2D eigenvalue weighted by Crippen LogP contribution is -2.30. The SMILES string of the molecule is CCCNc1ccc(C(=O)N(C)CCC(F)(F)F)cc1C. The fraction of sp³-hybridized carbons (Fsp3) is 0.533. The van der Waals surface area contributed by atoms with E-state index in [0.717, 1.165) is 29.1 Å². The number of carbonyl (C=O) groups is 1. The molecular formula is C15H21F3N2O. The number of rotatable bonds is 6. The summed E-state index contributed by atoms with van der Waals surface area (Å²) in [6.45, 7) is 4.41. The Morgan fingerprint density at radius 3 is 2.52 bits per heavy atom. The van der Waals surface area contributed by atoms with E-state index in [4.69, 9.17) is 0 Å². The lowest BCUT2D eigenvalue weighted by Gasteiger charge is -2.19. The number of nitrogens with zero attached hydrogens (tertiary/aromatic N) is 1. The first-order chi connectivity index (χ1) is 9.74. The maximum atomic E-state index is 12.2. The lowest BCUT2D eigenvalue weighted by atomic mass is 10.1. The van der Waals surface area contributed by atoms with Crippen molar-refractivity contribution in [3.8, 4) is 0 Å². The molecule has 0 spiro atoms. The number of carbonyl (C=O) groups excluding carboxylic acids is 1. The first-order valence-corrected chi connectivity index (χ1v) is 6.91. The summed E-state index contributed by atoms with van der Waals surface area (Å²) in [7, 11) is 1.38. The van der Waals surface area contributed by atoms with Crippen LogP contribution in [0.1, 0.15) is 35.7 Å². The van der Waals surface area contributed by atoms with Gasteiger partial charge in [0.25, 0.3) is 5.91 Å². The average Bonchev–Trinajstić information content (AvgIpc) is 2.41. The van der Waals surface area contributed by atoms with Crippen molar-refractivity contribution in [2.45, 2.75) is 32.9 Å². The molecule has 6 heteroatoms. The van der Waals surface area contributed by atoms with Gasteiger partial charge in [-0.05, 0) is 37.1 Å². The average molecular weight is 302 g/mol. The van der Waals surface area contributed by atoms with Gasteiger partial charge >= 0.3 is 6.18 Å². The van der Waals surface area contributed by atoms with Crippen molar-refractivity contribution in [1.82, 2.24) is 4.90 Å². The van der Waals surface area contributed by atoms with Crippen molar-refractivity contribution in [3.63, 3.8) is 0 Å². The minimum atomic E-state index is -4.25. The highest BCUT2D eigenvalue weighted by atomic mass is 19.4. The molecule has 1 rings (SSSR count). The molecule has 0 aliphatic heterocycles.